The number of methoxy groups -OCH3 is 1. The van der Waals surface area contributed by atoms with Crippen LogP contribution < -0.4 is 10.1 Å². The summed E-state index contributed by atoms with van der Waals surface area (Å²) in [6.07, 6.45) is 0.857. The van der Waals surface area contributed by atoms with Gasteiger partial charge in [0.2, 0.25) is 0 Å². The predicted octanol–water partition coefficient (Wildman–Crippen LogP) is 4.87. The highest BCUT2D eigenvalue weighted by Gasteiger charge is 2.31. The van der Waals surface area contributed by atoms with Gasteiger partial charge in [-0.05, 0) is 47.4 Å². The van der Waals surface area contributed by atoms with Crippen LogP contribution in [0.1, 0.15) is 22.7 Å². The second-order valence-electron chi connectivity index (χ2n) is 6.61. The molecule has 27 heavy (non-hydrogen) atoms. The number of nitrogens with one attached hydrogen (secondary N) is 1. The van der Waals surface area contributed by atoms with Gasteiger partial charge in [0.25, 0.3) is 0 Å². The second kappa shape index (κ2) is 7.54. The van der Waals surface area contributed by atoms with E-state index >= 15 is 0 Å². The fourth-order valence-corrected chi connectivity index (χ4v) is 3.65. The van der Waals surface area contributed by atoms with Gasteiger partial charge in [-0.15, -0.1) is 0 Å². The van der Waals surface area contributed by atoms with E-state index in [0.29, 0.717) is 6.54 Å². The zero-order valence-corrected chi connectivity index (χ0v) is 15.3. The molecule has 0 saturated carbocycles. The first kappa shape index (κ1) is 17.2. The molecule has 2 amide bonds. The molecule has 3 aromatic carbocycles. The van der Waals surface area contributed by atoms with Crippen molar-refractivity contribution in [1.29, 1.82) is 0 Å². The third-order valence-corrected chi connectivity index (χ3v) is 5.00. The van der Waals surface area contributed by atoms with Crippen molar-refractivity contribution in [3.8, 4) is 5.75 Å². The van der Waals surface area contributed by atoms with Crippen molar-refractivity contribution in [2.75, 3.05) is 19.0 Å². The number of fused-ring (bicyclic) bond motifs is 1. The monoisotopic (exact) mass is 358 g/mol. The Morgan fingerprint density at radius 3 is 2.41 bits per heavy atom. The summed E-state index contributed by atoms with van der Waals surface area (Å²) in [7, 11) is 1.63. The molecular weight excluding hydrogens is 336 g/mol. The molecule has 0 aromatic heterocycles. The van der Waals surface area contributed by atoms with Gasteiger partial charge in [0, 0.05) is 12.2 Å². The lowest BCUT2D eigenvalue weighted by Gasteiger charge is -2.37. The molecule has 1 N–H and O–H groups in total. The van der Waals surface area contributed by atoms with Gasteiger partial charge in [0.15, 0.2) is 0 Å². The van der Waals surface area contributed by atoms with E-state index in [2.05, 4.69) is 35.6 Å². The van der Waals surface area contributed by atoms with Crippen LogP contribution in [0.2, 0.25) is 0 Å². The van der Waals surface area contributed by atoms with Crippen molar-refractivity contribution in [3.63, 3.8) is 0 Å². The number of rotatable bonds is 3. The highest BCUT2D eigenvalue weighted by Crippen LogP contribution is 2.35. The number of carbonyl (C=O) groups is 1. The molecule has 0 unspecified atom stereocenters. The molecule has 0 spiro atoms. The minimum absolute atomic E-state index is 0.0885. The van der Waals surface area contributed by atoms with E-state index in [1.165, 1.54) is 11.1 Å². The number of carbonyl (C=O) groups excluding carboxylic acids is 1. The Bertz CT molecular complexity index is 923. The standard InChI is InChI=1S/C23H22N2O2/c1-27-20-13-11-19(12-14-20)24-23(26)25-16-15-17-7-5-6-10-21(17)22(25)18-8-3-2-4-9-18/h2-14,22H,15-16H2,1H3,(H,24,26)/t22-/m0/s1. The van der Waals surface area contributed by atoms with Crippen molar-refractivity contribution in [3.05, 3.63) is 95.6 Å². The Labute approximate surface area is 159 Å². The van der Waals surface area contributed by atoms with Crippen LogP contribution in [0.25, 0.3) is 0 Å². The summed E-state index contributed by atoms with van der Waals surface area (Å²) < 4.78 is 5.18. The molecule has 136 valence electrons. The number of hydrogen-bond acceptors (Lipinski definition) is 2. The molecule has 0 bridgehead atoms. The van der Waals surface area contributed by atoms with Gasteiger partial charge in [0.05, 0.1) is 13.2 Å². The van der Waals surface area contributed by atoms with Gasteiger partial charge in [-0.3, -0.25) is 0 Å². The average molecular weight is 358 g/mol. The lowest BCUT2D eigenvalue weighted by molar-refractivity contribution is 0.194. The number of hydrogen-bond donors (Lipinski definition) is 1. The predicted molar refractivity (Wildman–Crippen MR) is 107 cm³/mol. The van der Waals surface area contributed by atoms with Crippen molar-refractivity contribution < 1.29 is 9.53 Å². The molecule has 4 heteroatoms. The van der Waals surface area contributed by atoms with Crippen molar-refractivity contribution in [1.82, 2.24) is 4.90 Å². The Morgan fingerprint density at radius 2 is 1.67 bits per heavy atom. The largest absolute Gasteiger partial charge is 0.497 e. The zero-order chi connectivity index (χ0) is 18.6. The van der Waals surface area contributed by atoms with Crippen LogP contribution in [0.15, 0.2) is 78.9 Å². The minimum Gasteiger partial charge on any atom is -0.497 e. The van der Waals surface area contributed by atoms with Gasteiger partial charge in [-0.25, -0.2) is 4.79 Å². The van der Waals surface area contributed by atoms with Gasteiger partial charge < -0.3 is 15.0 Å². The van der Waals surface area contributed by atoms with Gasteiger partial charge in [-0.1, -0.05) is 54.6 Å². The normalized spacial score (nSPS) is 15.7. The van der Waals surface area contributed by atoms with Crippen LogP contribution in [-0.4, -0.2) is 24.6 Å². The maximum Gasteiger partial charge on any atom is 0.322 e. The number of urea groups is 1. The SMILES string of the molecule is COc1ccc(NC(=O)N2CCc3ccccc3[C@@H]2c2ccccc2)cc1. The summed E-state index contributed by atoms with van der Waals surface area (Å²) in [5.74, 6) is 0.766. The minimum atomic E-state index is -0.0940. The molecular formula is C23H22N2O2. The Hall–Kier alpha value is -3.27. The van der Waals surface area contributed by atoms with E-state index in [4.69, 9.17) is 4.74 Å². The first-order valence-corrected chi connectivity index (χ1v) is 9.10. The van der Waals surface area contributed by atoms with E-state index in [-0.39, 0.29) is 12.1 Å². The molecule has 4 nitrogen and oxygen atoms in total. The summed E-state index contributed by atoms with van der Waals surface area (Å²) >= 11 is 0. The average Bonchev–Trinajstić information content (AvgIpc) is 2.74. The number of amides is 2. The quantitative estimate of drug-likeness (QED) is 0.725. The Kier molecular flexibility index (Phi) is 4.79. The van der Waals surface area contributed by atoms with Crippen molar-refractivity contribution in [2.45, 2.75) is 12.5 Å². The maximum absolute atomic E-state index is 13.1. The number of ether oxygens (including phenoxy) is 1. The van der Waals surface area contributed by atoms with E-state index in [9.17, 15) is 4.79 Å². The Balaban J connectivity index is 1.64. The molecule has 1 atom stereocenters. The van der Waals surface area contributed by atoms with E-state index in [0.717, 1.165) is 23.4 Å². The van der Waals surface area contributed by atoms with Crippen LogP contribution in [-0.2, 0) is 6.42 Å². The first-order chi connectivity index (χ1) is 13.3. The van der Waals surface area contributed by atoms with Gasteiger partial charge >= 0.3 is 6.03 Å². The lowest BCUT2D eigenvalue weighted by atomic mass is 9.88. The molecule has 1 aliphatic rings. The Morgan fingerprint density at radius 1 is 0.963 bits per heavy atom. The molecule has 1 aliphatic heterocycles. The van der Waals surface area contributed by atoms with Crippen LogP contribution in [0.3, 0.4) is 0 Å². The first-order valence-electron chi connectivity index (χ1n) is 9.10. The van der Waals surface area contributed by atoms with Gasteiger partial charge in [0.1, 0.15) is 5.75 Å². The van der Waals surface area contributed by atoms with Crippen LogP contribution in [0, 0.1) is 0 Å². The summed E-state index contributed by atoms with van der Waals surface area (Å²) in [5.41, 5.74) is 4.38. The zero-order valence-electron chi connectivity index (χ0n) is 15.3. The van der Waals surface area contributed by atoms with Crippen LogP contribution in [0.4, 0.5) is 10.5 Å². The molecule has 0 aliphatic carbocycles. The second-order valence-corrected chi connectivity index (χ2v) is 6.61. The third kappa shape index (κ3) is 3.51. The van der Waals surface area contributed by atoms with Crippen LogP contribution in [0.5, 0.6) is 5.75 Å². The fraction of sp³-hybridized carbons (Fsp3) is 0.174. The highest BCUT2D eigenvalue weighted by atomic mass is 16.5. The third-order valence-electron chi connectivity index (χ3n) is 5.00. The lowest BCUT2D eigenvalue weighted by Crippen LogP contribution is -2.42. The summed E-state index contributed by atoms with van der Waals surface area (Å²) in [4.78, 5) is 15.0. The molecule has 0 fully saturated rings. The fourth-order valence-electron chi connectivity index (χ4n) is 3.65. The number of benzene rings is 3. The van der Waals surface area contributed by atoms with Gasteiger partial charge in [-0.2, -0.15) is 0 Å². The molecule has 4 rings (SSSR count). The summed E-state index contributed by atoms with van der Waals surface area (Å²) in [6, 6.07) is 25.8. The van der Waals surface area contributed by atoms with E-state index < -0.39 is 0 Å². The smallest absolute Gasteiger partial charge is 0.322 e. The number of anilines is 1. The summed E-state index contributed by atoms with van der Waals surface area (Å²) in [6.45, 7) is 0.679. The number of nitrogens with zero attached hydrogens (tertiary/aromatic N) is 1. The maximum atomic E-state index is 13.1. The van der Waals surface area contributed by atoms with E-state index in [1.54, 1.807) is 7.11 Å². The molecule has 3 aromatic rings. The molecule has 0 saturated heterocycles. The molecule has 1 heterocycles. The van der Waals surface area contributed by atoms with E-state index in [1.807, 2.05) is 53.4 Å². The molecule has 0 radical (unpaired) electrons. The van der Waals surface area contributed by atoms with Crippen LogP contribution >= 0.6 is 0 Å². The highest BCUT2D eigenvalue weighted by molar-refractivity contribution is 5.90. The summed E-state index contributed by atoms with van der Waals surface area (Å²) in [5, 5.41) is 3.02. The van der Waals surface area contributed by atoms with Crippen molar-refractivity contribution >= 4 is 11.7 Å². The topological polar surface area (TPSA) is 41.6 Å². The van der Waals surface area contributed by atoms with Crippen molar-refractivity contribution in [2.24, 2.45) is 0 Å².